The predicted octanol–water partition coefficient (Wildman–Crippen LogP) is -0.488. The number of ether oxygens (including phenoxy) is 1. The van der Waals surface area contributed by atoms with Crippen LogP contribution in [0.15, 0.2) is 0 Å². The number of nitrogens with one attached hydrogen (secondary N) is 1. The van der Waals surface area contributed by atoms with Crippen LogP contribution in [0.1, 0.15) is 19.3 Å². The molecule has 1 amide bonds. The number of nitrogens with zero attached hydrogens (tertiary/aromatic N) is 1. The number of amides is 1. The van der Waals surface area contributed by atoms with Crippen LogP contribution in [-0.2, 0) is 14.3 Å². The molecule has 0 aromatic carbocycles. The summed E-state index contributed by atoms with van der Waals surface area (Å²) in [5.74, 6) is -1.24. The fourth-order valence-corrected chi connectivity index (χ4v) is 2.53. The maximum atomic E-state index is 11.7. The van der Waals surface area contributed by atoms with Gasteiger partial charge in [0.15, 0.2) is 0 Å². The van der Waals surface area contributed by atoms with Gasteiger partial charge in [0.2, 0.25) is 0 Å². The Kier molecular flexibility index (Phi) is 2.90. The van der Waals surface area contributed by atoms with Crippen molar-refractivity contribution in [3.05, 3.63) is 0 Å². The molecule has 15 heavy (non-hydrogen) atoms. The number of esters is 1. The van der Waals surface area contributed by atoms with Crippen molar-refractivity contribution in [2.45, 2.75) is 31.3 Å². The van der Waals surface area contributed by atoms with Gasteiger partial charge in [-0.3, -0.25) is 4.79 Å². The van der Waals surface area contributed by atoms with Crippen molar-refractivity contribution in [2.24, 2.45) is 0 Å². The number of carbonyl (C=O) groups is 2. The van der Waals surface area contributed by atoms with Crippen molar-refractivity contribution >= 4 is 11.9 Å². The van der Waals surface area contributed by atoms with Gasteiger partial charge in [0, 0.05) is 18.6 Å². The molecule has 2 heterocycles. The van der Waals surface area contributed by atoms with Crippen molar-refractivity contribution in [3.8, 4) is 0 Å². The summed E-state index contributed by atoms with van der Waals surface area (Å²) < 4.78 is 4.46. The van der Waals surface area contributed by atoms with E-state index in [2.05, 4.69) is 10.1 Å². The van der Waals surface area contributed by atoms with Crippen LogP contribution in [0.2, 0.25) is 0 Å². The molecule has 2 atom stereocenters. The number of likely N-dealkylation sites (tertiary alicyclic amines) is 1. The van der Waals surface area contributed by atoms with Gasteiger partial charge < -0.3 is 15.0 Å². The van der Waals surface area contributed by atoms with Gasteiger partial charge in [-0.1, -0.05) is 0 Å². The number of piperidine rings is 1. The second kappa shape index (κ2) is 4.18. The average Bonchev–Trinajstić information content (AvgIpc) is 2.74. The molecule has 2 unspecified atom stereocenters. The number of hydrogen-bond acceptors (Lipinski definition) is 4. The van der Waals surface area contributed by atoms with Gasteiger partial charge in [0.25, 0.3) is 0 Å². The van der Waals surface area contributed by atoms with Crippen LogP contribution >= 0.6 is 0 Å². The highest BCUT2D eigenvalue weighted by Crippen LogP contribution is 2.24. The Morgan fingerprint density at radius 3 is 2.93 bits per heavy atom. The minimum absolute atomic E-state index is 0.186. The first-order chi connectivity index (χ1) is 7.24. The van der Waals surface area contributed by atoms with E-state index in [1.54, 1.807) is 4.90 Å². The third kappa shape index (κ3) is 1.84. The lowest BCUT2D eigenvalue weighted by Crippen LogP contribution is -2.53. The Morgan fingerprint density at radius 1 is 1.40 bits per heavy atom. The molecule has 0 aromatic heterocycles. The molecular formula is C10H16N2O3. The van der Waals surface area contributed by atoms with Crippen molar-refractivity contribution in [1.29, 1.82) is 0 Å². The van der Waals surface area contributed by atoms with Gasteiger partial charge in [0.05, 0.1) is 7.11 Å². The van der Waals surface area contributed by atoms with Crippen molar-refractivity contribution in [2.75, 3.05) is 20.2 Å². The zero-order valence-electron chi connectivity index (χ0n) is 8.86. The fraction of sp³-hybridized carbons (Fsp3) is 0.800. The van der Waals surface area contributed by atoms with Crippen molar-refractivity contribution < 1.29 is 14.3 Å². The molecule has 0 bridgehead atoms. The number of fused-ring (bicyclic) bond motifs is 1. The van der Waals surface area contributed by atoms with Crippen LogP contribution < -0.4 is 5.32 Å². The Morgan fingerprint density at radius 2 is 2.20 bits per heavy atom. The number of methoxy groups -OCH3 is 1. The molecule has 2 rings (SSSR count). The molecule has 0 saturated carbocycles. The predicted molar refractivity (Wildman–Crippen MR) is 53.2 cm³/mol. The molecule has 0 spiro atoms. The van der Waals surface area contributed by atoms with Gasteiger partial charge in [-0.2, -0.15) is 0 Å². The van der Waals surface area contributed by atoms with Gasteiger partial charge in [0.1, 0.15) is 0 Å². The molecule has 1 N–H and O–H groups in total. The van der Waals surface area contributed by atoms with E-state index >= 15 is 0 Å². The molecule has 2 aliphatic heterocycles. The average molecular weight is 212 g/mol. The van der Waals surface area contributed by atoms with Crippen LogP contribution in [0.3, 0.4) is 0 Å². The summed E-state index contributed by atoms with van der Waals surface area (Å²) in [7, 11) is 1.24. The SMILES string of the molecule is COC(=O)C(=O)N1CCCC2NCCC21. The van der Waals surface area contributed by atoms with Crippen LogP contribution in [0.4, 0.5) is 0 Å². The van der Waals surface area contributed by atoms with E-state index in [4.69, 9.17) is 0 Å². The first kappa shape index (κ1) is 10.4. The maximum absolute atomic E-state index is 11.7. The summed E-state index contributed by atoms with van der Waals surface area (Å²) >= 11 is 0. The third-order valence-electron chi connectivity index (χ3n) is 3.25. The zero-order valence-corrected chi connectivity index (χ0v) is 8.86. The van der Waals surface area contributed by atoms with Crippen molar-refractivity contribution in [3.63, 3.8) is 0 Å². The summed E-state index contributed by atoms with van der Waals surface area (Å²) in [5.41, 5.74) is 0. The van der Waals surface area contributed by atoms with E-state index < -0.39 is 11.9 Å². The van der Waals surface area contributed by atoms with E-state index in [0.717, 1.165) is 25.8 Å². The standard InChI is InChI=1S/C10H16N2O3/c1-15-10(14)9(13)12-6-2-3-7-8(12)4-5-11-7/h7-8,11H,2-6H2,1H3. The lowest BCUT2D eigenvalue weighted by atomic mass is 9.97. The molecule has 2 saturated heterocycles. The number of carbonyl (C=O) groups excluding carboxylic acids is 2. The summed E-state index contributed by atoms with van der Waals surface area (Å²) in [6.45, 7) is 1.61. The zero-order chi connectivity index (χ0) is 10.8. The lowest BCUT2D eigenvalue weighted by molar-refractivity contribution is -0.160. The smallest absolute Gasteiger partial charge is 0.396 e. The van der Waals surface area contributed by atoms with E-state index in [0.29, 0.717) is 12.6 Å². The molecule has 2 fully saturated rings. The van der Waals surface area contributed by atoms with Crippen LogP contribution in [-0.4, -0.2) is 49.1 Å². The highest BCUT2D eigenvalue weighted by atomic mass is 16.5. The fourth-order valence-electron chi connectivity index (χ4n) is 2.53. The summed E-state index contributed by atoms with van der Waals surface area (Å²) in [5, 5.41) is 3.35. The van der Waals surface area contributed by atoms with Crippen molar-refractivity contribution in [1.82, 2.24) is 10.2 Å². The van der Waals surface area contributed by atoms with E-state index in [-0.39, 0.29) is 6.04 Å². The molecule has 0 aliphatic carbocycles. The maximum Gasteiger partial charge on any atom is 0.396 e. The quantitative estimate of drug-likeness (QED) is 0.435. The highest BCUT2D eigenvalue weighted by Gasteiger charge is 2.39. The van der Waals surface area contributed by atoms with Crippen LogP contribution in [0.25, 0.3) is 0 Å². The molecule has 0 radical (unpaired) electrons. The van der Waals surface area contributed by atoms with Gasteiger partial charge in [-0.15, -0.1) is 0 Å². The number of rotatable bonds is 0. The Hall–Kier alpha value is -1.10. The first-order valence-electron chi connectivity index (χ1n) is 5.36. The molecule has 84 valence electrons. The van der Waals surface area contributed by atoms with Crippen LogP contribution in [0.5, 0.6) is 0 Å². The lowest BCUT2D eigenvalue weighted by Gasteiger charge is -2.36. The molecule has 2 aliphatic rings. The Bertz CT molecular complexity index is 280. The largest absolute Gasteiger partial charge is 0.462 e. The second-order valence-corrected chi connectivity index (χ2v) is 4.05. The summed E-state index contributed by atoms with van der Waals surface area (Å²) in [6, 6.07) is 0.553. The summed E-state index contributed by atoms with van der Waals surface area (Å²) in [4.78, 5) is 24.5. The monoisotopic (exact) mass is 212 g/mol. The molecule has 5 heteroatoms. The van der Waals surface area contributed by atoms with E-state index in [1.807, 2.05) is 0 Å². The third-order valence-corrected chi connectivity index (χ3v) is 3.25. The molecule has 0 aromatic rings. The van der Waals surface area contributed by atoms with E-state index in [9.17, 15) is 9.59 Å². The van der Waals surface area contributed by atoms with E-state index in [1.165, 1.54) is 7.11 Å². The topological polar surface area (TPSA) is 58.6 Å². The van der Waals surface area contributed by atoms with Gasteiger partial charge >= 0.3 is 11.9 Å². The van der Waals surface area contributed by atoms with Gasteiger partial charge in [-0.05, 0) is 25.8 Å². The molecular weight excluding hydrogens is 196 g/mol. The Labute approximate surface area is 88.8 Å². The molecule has 5 nitrogen and oxygen atoms in total. The second-order valence-electron chi connectivity index (χ2n) is 4.05. The summed E-state index contributed by atoms with van der Waals surface area (Å²) in [6.07, 6.45) is 2.99. The minimum atomic E-state index is -0.748. The van der Waals surface area contributed by atoms with Gasteiger partial charge in [-0.25, -0.2) is 4.79 Å². The minimum Gasteiger partial charge on any atom is -0.462 e. The van der Waals surface area contributed by atoms with Crippen LogP contribution in [0, 0.1) is 0 Å². The first-order valence-corrected chi connectivity index (χ1v) is 5.36. The normalized spacial score (nSPS) is 29.8. The Balaban J connectivity index is 2.07. The number of hydrogen-bond donors (Lipinski definition) is 1. The highest BCUT2D eigenvalue weighted by molar-refractivity contribution is 6.32.